The SMILES string of the molecule is CCCCCCCCCCCCCC(=O)NC(Cc1ccc(O)cc1)C(=O)O. The molecule has 0 saturated carbocycles. The summed E-state index contributed by atoms with van der Waals surface area (Å²) in [4.78, 5) is 23.4. The molecule has 0 aliphatic heterocycles. The number of hydrogen-bond donors (Lipinski definition) is 3. The quantitative estimate of drug-likeness (QED) is 0.338. The monoisotopic (exact) mass is 391 g/mol. The third kappa shape index (κ3) is 11.6. The number of hydrogen-bond acceptors (Lipinski definition) is 3. The topological polar surface area (TPSA) is 86.6 Å². The van der Waals surface area contributed by atoms with E-state index in [0.29, 0.717) is 6.42 Å². The Morgan fingerprint density at radius 1 is 0.857 bits per heavy atom. The maximum atomic E-state index is 12.0. The second-order valence-corrected chi connectivity index (χ2v) is 7.61. The van der Waals surface area contributed by atoms with Crippen LogP contribution in [0.1, 0.15) is 89.5 Å². The zero-order valence-electron chi connectivity index (χ0n) is 17.3. The first kappa shape index (κ1) is 24.0. The maximum absolute atomic E-state index is 12.0. The van der Waals surface area contributed by atoms with Gasteiger partial charge in [0.1, 0.15) is 11.8 Å². The van der Waals surface area contributed by atoms with Crippen LogP contribution in [0.25, 0.3) is 0 Å². The number of carbonyl (C=O) groups excluding carboxylic acids is 1. The first-order valence-electron chi connectivity index (χ1n) is 10.8. The molecule has 0 bridgehead atoms. The van der Waals surface area contributed by atoms with Crippen LogP contribution in [-0.4, -0.2) is 28.1 Å². The molecule has 0 aromatic heterocycles. The van der Waals surface area contributed by atoms with Crippen molar-refractivity contribution in [3.8, 4) is 5.75 Å². The highest BCUT2D eigenvalue weighted by molar-refractivity contribution is 5.83. The van der Waals surface area contributed by atoms with Crippen LogP contribution in [0.4, 0.5) is 0 Å². The van der Waals surface area contributed by atoms with Crippen LogP contribution in [0.5, 0.6) is 5.75 Å². The van der Waals surface area contributed by atoms with Gasteiger partial charge < -0.3 is 15.5 Å². The molecule has 1 amide bonds. The van der Waals surface area contributed by atoms with E-state index < -0.39 is 12.0 Å². The molecule has 0 aliphatic rings. The predicted molar refractivity (Wildman–Crippen MR) is 112 cm³/mol. The van der Waals surface area contributed by atoms with Crippen molar-refractivity contribution in [2.75, 3.05) is 0 Å². The van der Waals surface area contributed by atoms with Gasteiger partial charge in [-0.3, -0.25) is 4.79 Å². The largest absolute Gasteiger partial charge is 0.508 e. The van der Waals surface area contributed by atoms with E-state index in [1.54, 1.807) is 12.1 Å². The van der Waals surface area contributed by atoms with Crippen molar-refractivity contribution in [3.05, 3.63) is 29.8 Å². The van der Waals surface area contributed by atoms with Gasteiger partial charge in [-0.2, -0.15) is 0 Å². The number of aromatic hydroxyl groups is 1. The molecule has 0 aliphatic carbocycles. The summed E-state index contributed by atoms with van der Waals surface area (Å²) in [5, 5.41) is 21.2. The van der Waals surface area contributed by atoms with Gasteiger partial charge in [0, 0.05) is 12.8 Å². The zero-order valence-corrected chi connectivity index (χ0v) is 17.3. The van der Waals surface area contributed by atoms with E-state index in [1.165, 1.54) is 63.5 Å². The number of aliphatic carboxylic acids is 1. The summed E-state index contributed by atoms with van der Waals surface area (Å²) in [5.74, 6) is -1.11. The van der Waals surface area contributed by atoms with Gasteiger partial charge in [0.2, 0.25) is 5.91 Å². The van der Waals surface area contributed by atoms with Crippen molar-refractivity contribution < 1.29 is 19.8 Å². The minimum atomic E-state index is -1.04. The number of phenolic OH excluding ortho intramolecular Hbond substituents is 1. The smallest absolute Gasteiger partial charge is 0.326 e. The molecule has 158 valence electrons. The van der Waals surface area contributed by atoms with Crippen LogP contribution in [0.3, 0.4) is 0 Å². The maximum Gasteiger partial charge on any atom is 0.326 e. The molecule has 3 N–H and O–H groups in total. The Hall–Kier alpha value is -2.04. The fourth-order valence-corrected chi connectivity index (χ4v) is 3.28. The molecule has 1 aromatic carbocycles. The lowest BCUT2D eigenvalue weighted by Gasteiger charge is -2.14. The molecule has 5 heteroatoms. The molecule has 0 spiro atoms. The highest BCUT2D eigenvalue weighted by Crippen LogP contribution is 2.13. The third-order valence-electron chi connectivity index (χ3n) is 5.02. The minimum absolute atomic E-state index is 0.135. The standard InChI is InChI=1S/C23H37NO4/c1-2-3-4-5-6-7-8-9-10-11-12-13-22(26)24-21(23(27)28)18-19-14-16-20(25)17-15-19/h14-17,21,25H,2-13,18H2,1H3,(H,24,26)(H,27,28). The number of carboxylic acid groups (broad SMARTS) is 1. The Morgan fingerprint density at radius 3 is 1.86 bits per heavy atom. The van der Waals surface area contributed by atoms with E-state index in [0.717, 1.165) is 24.8 Å². The van der Waals surface area contributed by atoms with Gasteiger partial charge in [-0.05, 0) is 24.1 Å². The van der Waals surface area contributed by atoms with Crippen LogP contribution >= 0.6 is 0 Å². The van der Waals surface area contributed by atoms with Crippen LogP contribution < -0.4 is 5.32 Å². The molecule has 0 saturated heterocycles. The predicted octanol–water partition coefficient (Wildman–Crippen LogP) is 5.21. The fraction of sp³-hybridized carbons (Fsp3) is 0.652. The van der Waals surface area contributed by atoms with E-state index in [4.69, 9.17) is 0 Å². The number of phenols is 1. The summed E-state index contributed by atoms with van der Waals surface area (Å²) in [7, 11) is 0. The molecular weight excluding hydrogens is 354 g/mol. The molecule has 5 nitrogen and oxygen atoms in total. The molecule has 0 heterocycles. The summed E-state index contributed by atoms with van der Waals surface area (Å²) in [6.45, 7) is 2.23. The lowest BCUT2D eigenvalue weighted by Crippen LogP contribution is -2.42. The summed E-state index contributed by atoms with van der Waals surface area (Å²) in [6.07, 6.45) is 14.0. The Kier molecular flexibility index (Phi) is 12.8. The van der Waals surface area contributed by atoms with E-state index in [2.05, 4.69) is 12.2 Å². The first-order valence-corrected chi connectivity index (χ1v) is 10.8. The van der Waals surface area contributed by atoms with Crippen LogP contribution in [-0.2, 0) is 16.0 Å². The second-order valence-electron chi connectivity index (χ2n) is 7.61. The number of rotatable bonds is 16. The third-order valence-corrected chi connectivity index (χ3v) is 5.02. The van der Waals surface area contributed by atoms with Crippen LogP contribution in [0.15, 0.2) is 24.3 Å². The average Bonchev–Trinajstić information content (AvgIpc) is 2.67. The normalized spacial score (nSPS) is 11.9. The lowest BCUT2D eigenvalue weighted by molar-refractivity contribution is -0.141. The number of carbonyl (C=O) groups is 2. The molecule has 0 fully saturated rings. The van der Waals surface area contributed by atoms with E-state index >= 15 is 0 Å². The number of unbranched alkanes of at least 4 members (excludes halogenated alkanes) is 10. The Bertz CT molecular complexity index is 556. The molecule has 1 unspecified atom stereocenters. The Balaban J connectivity index is 2.11. The number of amides is 1. The van der Waals surface area contributed by atoms with Gasteiger partial charge in [-0.15, -0.1) is 0 Å². The average molecular weight is 392 g/mol. The van der Waals surface area contributed by atoms with Gasteiger partial charge >= 0.3 is 5.97 Å². The van der Waals surface area contributed by atoms with E-state index in [-0.39, 0.29) is 18.1 Å². The van der Waals surface area contributed by atoms with Gasteiger partial charge in [-0.25, -0.2) is 4.79 Å². The van der Waals surface area contributed by atoms with Crippen molar-refractivity contribution >= 4 is 11.9 Å². The molecule has 1 atom stereocenters. The highest BCUT2D eigenvalue weighted by atomic mass is 16.4. The molecule has 0 radical (unpaired) electrons. The first-order chi connectivity index (χ1) is 13.5. The number of carboxylic acids is 1. The van der Waals surface area contributed by atoms with E-state index in [1.807, 2.05) is 0 Å². The zero-order chi connectivity index (χ0) is 20.6. The summed E-state index contributed by atoms with van der Waals surface area (Å²) in [5.41, 5.74) is 0.764. The van der Waals surface area contributed by atoms with Crippen LogP contribution in [0, 0.1) is 0 Å². The van der Waals surface area contributed by atoms with Crippen molar-refractivity contribution in [1.29, 1.82) is 0 Å². The fourth-order valence-electron chi connectivity index (χ4n) is 3.28. The van der Waals surface area contributed by atoms with Gasteiger partial charge in [0.15, 0.2) is 0 Å². The number of nitrogens with one attached hydrogen (secondary N) is 1. The molecular formula is C23H37NO4. The van der Waals surface area contributed by atoms with Crippen molar-refractivity contribution in [2.45, 2.75) is 96.4 Å². The molecule has 1 rings (SSSR count). The van der Waals surface area contributed by atoms with Crippen molar-refractivity contribution in [1.82, 2.24) is 5.32 Å². The van der Waals surface area contributed by atoms with Gasteiger partial charge in [0.25, 0.3) is 0 Å². The van der Waals surface area contributed by atoms with Crippen molar-refractivity contribution in [2.24, 2.45) is 0 Å². The summed E-state index contributed by atoms with van der Waals surface area (Å²) >= 11 is 0. The van der Waals surface area contributed by atoms with Gasteiger partial charge in [-0.1, -0.05) is 83.3 Å². The molecule has 1 aromatic rings. The second kappa shape index (κ2) is 14.9. The minimum Gasteiger partial charge on any atom is -0.508 e. The number of benzene rings is 1. The summed E-state index contributed by atoms with van der Waals surface area (Å²) < 4.78 is 0. The Morgan fingerprint density at radius 2 is 1.36 bits per heavy atom. The van der Waals surface area contributed by atoms with E-state index in [9.17, 15) is 19.8 Å². The lowest BCUT2D eigenvalue weighted by atomic mass is 10.0. The highest BCUT2D eigenvalue weighted by Gasteiger charge is 2.20. The van der Waals surface area contributed by atoms with Crippen molar-refractivity contribution in [3.63, 3.8) is 0 Å². The van der Waals surface area contributed by atoms with Gasteiger partial charge in [0.05, 0.1) is 0 Å². The summed E-state index contributed by atoms with van der Waals surface area (Å²) in [6, 6.07) is 5.43. The van der Waals surface area contributed by atoms with Crippen LogP contribution in [0.2, 0.25) is 0 Å². The Labute approximate surface area is 169 Å². The molecule has 28 heavy (non-hydrogen) atoms.